The van der Waals surface area contributed by atoms with Crippen LogP contribution in [0.5, 0.6) is 0 Å². The van der Waals surface area contributed by atoms with E-state index in [0.717, 1.165) is 13.2 Å². The van der Waals surface area contributed by atoms with Gasteiger partial charge in [-0.15, -0.1) is 0 Å². The predicted molar refractivity (Wildman–Crippen MR) is 69.6 cm³/mol. The Kier molecular flexibility index (Phi) is 5.26. The lowest BCUT2D eigenvalue weighted by Crippen LogP contribution is -2.48. The second-order valence-electron chi connectivity index (χ2n) is 4.75. The highest BCUT2D eigenvalue weighted by molar-refractivity contribution is 14.1. The molecule has 1 aliphatic heterocycles. The van der Waals surface area contributed by atoms with Crippen molar-refractivity contribution in [1.29, 1.82) is 0 Å². The molecule has 0 aromatic heterocycles. The van der Waals surface area contributed by atoms with Crippen LogP contribution in [0.2, 0.25) is 0 Å². The topological polar surface area (TPSA) is 50.8 Å². The Morgan fingerprint density at radius 1 is 1.62 bits per heavy atom. The second-order valence-corrected chi connectivity index (χ2v) is 5.92. The molecular weight excluding hydrogens is 323 g/mol. The van der Waals surface area contributed by atoms with Crippen molar-refractivity contribution in [3.63, 3.8) is 0 Å². The fraction of sp³-hybridized carbons (Fsp3) is 0.900. The molecule has 5 nitrogen and oxygen atoms in total. The van der Waals surface area contributed by atoms with Gasteiger partial charge in [0.05, 0.1) is 42.6 Å². The van der Waals surface area contributed by atoms with Gasteiger partial charge in [0.2, 0.25) is 0 Å². The van der Waals surface area contributed by atoms with E-state index in [-0.39, 0.29) is 12.1 Å². The minimum absolute atomic E-state index is 0.193. The van der Waals surface area contributed by atoms with E-state index in [2.05, 4.69) is 5.32 Å². The van der Waals surface area contributed by atoms with Gasteiger partial charge in [-0.25, -0.2) is 7.91 Å². The number of carbonyl (C=O) groups excluding carboxylic acids is 1. The van der Waals surface area contributed by atoms with Crippen molar-refractivity contribution in [2.45, 2.75) is 32.4 Å². The normalized spacial score (nSPS) is 21.6. The van der Waals surface area contributed by atoms with Crippen LogP contribution >= 0.6 is 22.9 Å². The molecule has 94 valence electrons. The number of carbonyl (C=O) groups is 1. The molecule has 0 aromatic carbocycles. The first-order chi connectivity index (χ1) is 7.38. The summed E-state index contributed by atoms with van der Waals surface area (Å²) in [6.45, 7) is 8.39. The smallest absolute Gasteiger partial charge is 0.419 e. The third-order valence-electron chi connectivity index (χ3n) is 1.97. The van der Waals surface area contributed by atoms with Crippen molar-refractivity contribution in [2.24, 2.45) is 0 Å². The van der Waals surface area contributed by atoms with Gasteiger partial charge in [-0.1, -0.05) is 0 Å². The zero-order chi connectivity index (χ0) is 12.2. The fourth-order valence-corrected chi connectivity index (χ4v) is 1.89. The van der Waals surface area contributed by atoms with Gasteiger partial charge >= 0.3 is 6.09 Å². The lowest BCUT2D eigenvalue weighted by atomic mass is 10.2. The maximum Gasteiger partial charge on any atom is 0.419 e. The molecular formula is C10H19IN2O3. The lowest BCUT2D eigenvalue weighted by molar-refractivity contribution is 0.0357. The van der Waals surface area contributed by atoms with Gasteiger partial charge in [0, 0.05) is 12.6 Å². The van der Waals surface area contributed by atoms with Crippen LogP contribution in [-0.2, 0) is 9.47 Å². The van der Waals surface area contributed by atoms with Crippen LogP contribution in [0.25, 0.3) is 0 Å². The molecule has 1 amide bonds. The van der Waals surface area contributed by atoms with E-state index in [0.29, 0.717) is 13.2 Å². The molecule has 1 fully saturated rings. The van der Waals surface area contributed by atoms with Crippen LogP contribution in [0, 0.1) is 0 Å². The van der Waals surface area contributed by atoms with Crippen molar-refractivity contribution in [3.8, 4) is 0 Å². The first-order valence-corrected chi connectivity index (χ1v) is 6.32. The van der Waals surface area contributed by atoms with Crippen LogP contribution in [-0.4, -0.2) is 47.2 Å². The Hall–Kier alpha value is -0.0800. The molecule has 0 aromatic rings. The number of hydrogen-bond donors (Lipinski definition) is 1. The molecule has 0 saturated carbocycles. The Labute approximate surface area is 110 Å². The summed E-state index contributed by atoms with van der Waals surface area (Å²) in [7, 11) is 0. The van der Waals surface area contributed by atoms with Gasteiger partial charge in [0.15, 0.2) is 0 Å². The minimum Gasteiger partial charge on any atom is -0.443 e. The van der Waals surface area contributed by atoms with E-state index in [9.17, 15) is 4.79 Å². The Bertz CT molecular complexity index is 237. The van der Waals surface area contributed by atoms with E-state index in [4.69, 9.17) is 9.47 Å². The number of nitrogens with zero attached hydrogens (tertiary/aromatic N) is 1. The molecule has 1 atom stereocenters. The largest absolute Gasteiger partial charge is 0.443 e. The summed E-state index contributed by atoms with van der Waals surface area (Å²) in [6.07, 6.45) is -0.305. The summed E-state index contributed by atoms with van der Waals surface area (Å²) in [6, 6.07) is 0.193. The predicted octanol–water partition coefficient (Wildman–Crippen LogP) is 1.56. The highest BCUT2D eigenvalue weighted by Gasteiger charge is 2.23. The Balaban J connectivity index is 2.33. The van der Waals surface area contributed by atoms with Crippen molar-refractivity contribution in [3.05, 3.63) is 0 Å². The van der Waals surface area contributed by atoms with E-state index >= 15 is 0 Å². The maximum absolute atomic E-state index is 11.7. The lowest BCUT2D eigenvalue weighted by Gasteiger charge is -2.28. The van der Waals surface area contributed by atoms with Gasteiger partial charge in [-0.2, -0.15) is 0 Å². The molecule has 0 spiro atoms. The molecule has 1 N–H and O–H groups in total. The summed E-state index contributed by atoms with van der Waals surface area (Å²) in [5.74, 6) is 0. The van der Waals surface area contributed by atoms with Gasteiger partial charge in [-0.05, 0) is 20.8 Å². The summed E-state index contributed by atoms with van der Waals surface area (Å²) >= 11 is 1.97. The molecule has 1 heterocycles. The van der Waals surface area contributed by atoms with Gasteiger partial charge in [-0.3, -0.25) is 0 Å². The number of amides is 1. The molecule has 1 aliphatic rings. The first kappa shape index (κ1) is 14.0. The van der Waals surface area contributed by atoms with Crippen molar-refractivity contribution < 1.29 is 14.3 Å². The Morgan fingerprint density at radius 2 is 2.31 bits per heavy atom. The van der Waals surface area contributed by atoms with Gasteiger partial charge < -0.3 is 14.8 Å². The van der Waals surface area contributed by atoms with Crippen LogP contribution < -0.4 is 5.32 Å². The number of halogens is 1. The third-order valence-corrected chi connectivity index (χ3v) is 2.76. The molecule has 0 radical (unpaired) electrons. The van der Waals surface area contributed by atoms with Crippen LogP contribution in [0.3, 0.4) is 0 Å². The molecule has 16 heavy (non-hydrogen) atoms. The van der Waals surface area contributed by atoms with E-state index in [1.165, 1.54) is 0 Å². The minimum atomic E-state index is -0.447. The molecule has 6 heteroatoms. The molecule has 1 rings (SSSR count). The van der Waals surface area contributed by atoms with Crippen LogP contribution in [0.1, 0.15) is 20.8 Å². The summed E-state index contributed by atoms with van der Waals surface area (Å²) in [5, 5.41) is 3.29. The summed E-state index contributed by atoms with van der Waals surface area (Å²) < 4.78 is 12.1. The quantitative estimate of drug-likeness (QED) is 0.611. The molecule has 1 unspecified atom stereocenters. The number of ether oxygens (including phenoxy) is 2. The highest BCUT2D eigenvalue weighted by Crippen LogP contribution is 2.13. The first-order valence-electron chi connectivity index (χ1n) is 5.36. The Morgan fingerprint density at radius 3 is 2.81 bits per heavy atom. The highest BCUT2D eigenvalue weighted by atomic mass is 127. The monoisotopic (exact) mass is 342 g/mol. The fourth-order valence-electron chi connectivity index (χ4n) is 1.32. The van der Waals surface area contributed by atoms with E-state index in [1.54, 1.807) is 3.11 Å². The summed E-state index contributed by atoms with van der Waals surface area (Å²) in [4.78, 5) is 11.7. The average molecular weight is 342 g/mol. The van der Waals surface area contributed by atoms with Crippen molar-refractivity contribution >= 4 is 29.0 Å². The standard InChI is InChI=1S/C10H19IN2O3/c1-10(2,3)16-9(14)13(11)6-8-7-15-5-4-12-8/h8,12H,4-7H2,1-3H3. The number of rotatable bonds is 2. The van der Waals surface area contributed by atoms with E-state index in [1.807, 2.05) is 43.6 Å². The van der Waals surface area contributed by atoms with Crippen LogP contribution in [0.15, 0.2) is 0 Å². The third kappa shape index (κ3) is 5.31. The van der Waals surface area contributed by atoms with Crippen LogP contribution in [0.4, 0.5) is 4.79 Å². The second kappa shape index (κ2) is 6.02. The molecule has 0 aliphatic carbocycles. The summed E-state index contributed by atoms with van der Waals surface area (Å²) in [5.41, 5.74) is -0.447. The zero-order valence-electron chi connectivity index (χ0n) is 9.96. The van der Waals surface area contributed by atoms with Crippen molar-refractivity contribution in [2.75, 3.05) is 26.3 Å². The zero-order valence-corrected chi connectivity index (χ0v) is 12.1. The number of nitrogens with one attached hydrogen (secondary N) is 1. The maximum atomic E-state index is 11.7. The van der Waals surface area contributed by atoms with Gasteiger partial charge in [0.25, 0.3) is 0 Å². The van der Waals surface area contributed by atoms with Gasteiger partial charge in [0.1, 0.15) is 5.60 Å². The SMILES string of the molecule is CC(C)(C)OC(=O)N(I)CC1COCCN1. The number of hydrogen-bond acceptors (Lipinski definition) is 4. The van der Waals surface area contributed by atoms with E-state index < -0.39 is 5.60 Å². The van der Waals surface area contributed by atoms with Crippen molar-refractivity contribution in [1.82, 2.24) is 8.43 Å². The molecule has 1 saturated heterocycles. The molecule has 0 bridgehead atoms. The number of morpholine rings is 1. The average Bonchev–Trinajstić information content (AvgIpc) is 2.16.